The topological polar surface area (TPSA) is 44.4 Å². The molecule has 1 saturated heterocycles. The highest BCUT2D eigenvalue weighted by atomic mass is 16.2. The van der Waals surface area contributed by atoms with E-state index in [0.717, 1.165) is 32.5 Å². The van der Waals surface area contributed by atoms with Gasteiger partial charge in [-0.3, -0.25) is 0 Å². The van der Waals surface area contributed by atoms with Crippen LogP contribution in [-0.4, -0.2) is 43.7 Å². The Labute approximate surface area is 98.8 Å². The maximum Gasteiger partial charge on any atom is 0.314 e. The molecule has 1 atom stereocenters. The summed E-state index contributed by atoms with van der Waals surface area (Å²) in [4.78, 5) is 13.8. The zero-order valence-electron chi connectivity index (χ0n) is 10.6. The lowest BCUT2D eigenvalue weighted by atomic mass is 10.0. The van der Waals surface area contributed by atoms with Crippen LogP contribution in [0.1, 0.15) is 39.0 Å². The van der Waals surface area contributed by atoms with Crippen LogP contribution in [0.15, 0.2) is 0 Å². The summed E-state index contributed by atoms with van der Waals surface area (Å²) in [5.74, 6) is 0. The molecule has 0 aromatic heterocycles. The molecular weight excluding hydrogens is 202 g/mol. The zero-order valence-corrected chi connectivity index (χ0v) is 10.6. The Morgan fingerprint density at radius 1 is 1.38 bits per heavy atom. The van der Waals surface area contributed by atoms with Gasteiger partial charge in [-0.05, 0) is 32.9 Å². The predicted octanol–water partition coefficient (Wildman–Crippen LogP) is 1.57. The van der Waals surface area contributed by atoms with E-state index in [0.29, 0.717) is 6.04 Å². The lowest BCUT2D eigenvalue weighted by Gasteiger charge is -2.32. The molecule has 1 unspecified atom stereocenters. The van der Waals surface area contributed by atoms with Crippen molar-refractivity contribution in [2.45, 2.75) is 45.1 Å². The second kappa shape index (κ2) is 7.49. The van der Waals surface area contributed by atoms with Gasteiger partial charge in [0.05, 0.1) is 0 Å². The summed E-state index contributed by atoms with van der Waals surface area (Å²) < 4.78 is 0. The number of hydrogen-bond donors (Lipinski definition) is 2. The summed E-state index contributed by atoms with van der Waals surface area (Å²) in [5.41, 5.74) is 0. The molecule has 0 saturated carbocycles. The molecule has 94 valence electrons. The van der Waals surface area contributed by atoms with Gasteiger partial charge in [-0.15, -0.1) is 0 Å². The van der Waals surface area contributed by atoms with Crippen molar-refractivity contribution in [3.63, 3.8) is 0 Å². The summed E-state index contributed by atoms with van der Waals surface area (Å²) in [6, 6.07) is 0.498. The maximum atomic E-state index is 11.4. The smallest absolute Gasteiger partial charge is 0.314 e. The fourth-order valence-electron chi connectivity index (χ4n) is 2.05. The first-order chi connectivity index (χ1) is 7.74. The maximum absolute atomic E-state index is 11.4. The van der Waals surface area contributed by atoms with E-state index in [1.165, 1.54) is 19.3 Å². The van der Waals surface area contributed by atoms with Crippen LogP contribution in [0, 0.1) is 0 Å². The zero-order chi connectivity index (χ0) is 11.8. The van der Waals surface area contributed by atoms with Crippen LogP contribution >= 0.6 is 0 Å². The van der Waals surface area contributed by atoms with Crippen LogP contribution in [0.25, 0.3) is 0 Å². The Morgan fingerprint density at radius 3 is 2.88 bits per heavy atom. The van der Waals surface area contributed by atoms with E-state index >= 15 is 0 Å². The Balaban J connectivity index is 2.10. The number of carbonyl (C=O) groups is 1. The summed E-state index contributed by atoms with van der Waals surface area (Å²) in [5, 5.41) is 5.82. The average molecular weight is 227 g/mol. The Morgan fingerprint density at radius 2 is 2.19 bits per heavy atom. The second-order valence-corrected chi connectivity index (χ2v) is 4.62. The Bertz CT molecular complexity index is 208. The molecule has 4 nitrogen and oxygen atoms in total. The van der Waals surface area contributed by atoms with Gasteiger partial charge in [0, 0.05) is 19.1 Å². The largest absolute Gasteiger partial charge is 0.338 e. The summed E-state index contributed by atoms with van der Waals surface area (Å²) >= 11 is 0. The van der Waals surface area contributed by atoms with Crippen molar-refractivity contribution >= 4 is 6.03 Å². The normalized spacial score (nSPS) is 21.8. The number of hydrogen-bond acceptors (Lipinski definition) is 2. The number of piperidine rings is 1. The first-order valence-electron chi connectivity index (χ1n) is 6.46. The fraction of sp³-hybridized carbons (Fsp3) is 0.917. The monoisotopic (exact) mass is 227 g/mol. The molecule has 1 fully saturated rings. The second-order valence-electron chi connectivity index (χ2n) is 4.62. The standard InChI is InChI=1S/C12H25N3O/c1-3-4-8-13-12(16)14-10-11-7-5-6-9-15(11)2/h11H,3-10H2,1-2H3,(H2,13,14,16). The van der Waals surface area contributed by atoms with Crippen LogP contribution in [0.3, 0.4) is 0 Å². The van der Waals surface area contributed by atoms with Gasteiger partial charge >= 0.3 is 6.03 Å². The molecule has 2 amide bonds. The van der Waals surface area contributed by atoms with Gasteiger partial charge in [0.25, 0.3) is 0 Å². The van der Waals surface area contributed by atoms with E-state index in [4.69, 9.17) is 0 Å². The lowest BCUT2D eigenvalue weighted by molar-refractivity contribution is 0.180. The van der Waals surface area contributed by atoms with Crippen LogP contribution in [0.5, 0.6) is 0 Å². The van der Waals surface area contributed by atoms with E-state index in [2.05, 4.69) is 29.5 Å². The third-order valence-corrected chi connectivity index (χ3v) is 3.24. The number of nitrogens with one attached hydrogen (secondary N) is 2. The highest BCUT2D eigenvalue weighted by molar-refractivity contribution is 5.73. The molecule has 0 spiro atoms. The van der Waals surface area contributed by atoms with Gasteiger partial charge in [-0.1, -0.05) is 19.8 Å². The van der Waals surface area contributed by atoms with Crippen molar-refractivity contribution < 1.29 is 4.79 Å². The lowest BCUT2D eigenvalue weighted by Crippen LogP contribution is -2.47. The molecule has 1 rings (SSSR count). The predicted molar refractivity (Wildman–Crippen MR) is 66.6 cm³/mol. The summed E-state index contributed by atoms with van der Waals surface area (Å²) in [6.07, 6.45) is 5.94. The Kier molecular flexibility index (Phi) is 6.23. The van der Waals surface area contributed by atoms with Crippen LogP contribution < -0.4 is 10.6 Å². The molecule has 4 heteroatoms. The van der Waals surface area contributed by atoms with E-state index in [-0.39, 0.29) is 6.03 Å². The molecule has 16 heavy (non-hydrogen) atoms. The van der Waals surface area contributed by atoms with Crippen molar-refractivity contribution in [1.29, 1.82) is 0 Å². The van der Waals surface area contributed by atoms with Crippen LogP contribution in [-0.2, 0) is 0 Å². The molecule has 1 heterocycles. The number of likely N-dealkylation sites (N-methyl/N-ethyl adjacent to an activating group) is 1. The van der Waals surface area contributed by atoms with Gasteiger partial charge in [-0.25, -0.2) is 4.79 Å². The first-order valence-corrected chi connectivity index (χ1v) is 6.46. The van der Waals surface area contributed by atoms with Crippen molar-refractivity contribution in [3.8, 4) is 0 Å². The van der Waals surface area contributed by atoms with Gasteiger partial charge in [0.1, 0.15) is 0 Å². The molecule has 1 aliphatic heterocycles. The molecule has 0 bridgehead atoms. The number of amides is 2. The molecule has 2 N–H and O–H groups in total. The summed E-state index contributed by atoms with van der Waals surface area (Å²) in [6.45, 7) is 4.83. The van der Waals surface area contributed by atoms with E-state index < -0.39 is 0 Å². The minimum absolute atomic E-state index is 0.0209. The molecule has 1 aliphatic rings. The fourth-order valence-corrected chi connectivity index (χ4v) is 2.05. The number of nitrogens with zero attached hydrogens (tertiary/aromatic N) is 1. The third-order valence-electron chi connectivity index (χ3n) is 3.24. The van der Waals surface area contributed by atoms with Crippen molar-refractivity contribution in [2.75, 3.05) is 26.7 Å². The minimum atomic E-state index is -0.0209. The molecule has 0 aromatic rings. The number of unbranched alkanes of at least 4 members (excludes halogenated alkanes) is 1. The summed E-state index contributed by atoms with van der Waals surface area (Å²) in [7, 11) is 2.14. The van der Waals surface area contributed by atoms with Gasteiger partial charge < -0.3 is 15.5 Å². The van der Waals surface area contributed by atoms with Gasteiger partial charge in [0.15, 0.2) is 0 Å². The first kappa shape index (κ1) is 13.3. The van der Waals surface area contributed by atoms with Crippen molar-refractivity contribution in [3.05, 3.63) is 0 Å². The van der Waals surface area contributed by atoms with Crippen LogP contribution in [0.4, 0.5) is 4.79 Å². The van der Waals surface area contributed by atoms with E-state index in [1.54, 1.807) is 0 Å². The number of likely N-dealkylation sites (tertiary alicyclic amines) is 1. The van der Waals surface area contributed by atoms with Gasteiger partial charge in [0.2, 0.25) is 0 Å². The molecule has 0 radical (unpaired) electrons. The van der Waals surface area contributed by atoms with Gasteiger partial charge in [-0.2, -0.15) is 0 Å². The van der Waals surface area contributed by atoms with E-state index in [1.807, 2.05) is 0 Å². The molecule has 0 aliphatic carbocycles. The quantitative estimate of drug-likeness (QED) is 0.700. The Hall–Kier alpha value is -0.770. The highest BCUT2D eigenvalue weighted by Gasteiger charge is 2.18. The highest BCUT2D eigenvalue weighted by Crippen LogP contribution is 2.13. The van der Waals surface area contributed by atoms with Crippen LogP contribution in [0.2, 0.25) is 0 Å². The molecule has 0 aromatic carbocycles. The SMILES string of the molecule is CCCCNC(=O)NCC1CCCCN1C. The minimum Gasteiger partial charge on any atom is -0.338 e. The number of rotatable bonds is 5. The average Bonchev–Trinajstić information content (AvgIpc) is 2.28. The third kappa shape index (κ3) is 4.84. The van der Waals surface area contributed by atoms with E-state index in [9.17, 15) is 4.79 Å². The number of urea groups is 1. The van der Waals surface area contributed by atoms with Crippen molar-refractivity contribution in [2.24, 2.45) is 0 Å². The van der Waals surface area contributed by atoms with Crippen molar-refractivity contribution in [1.82, 2.24) is 15.5 Å². The molecular formula is C12H25N3O. The number of carbonyl (C=O) groups excluding carboxylic acids is 1.